The van der Waals surface area contributed by atoms with Crippen LogP contribution in [0.4, 0.5) is 5.69 Å². The number of hydrogen-bond donors (Lipinski definition) is 2. The highest BCUT2D eigenvalue weighted by Crippen LogP contribution is 2.18. The van der Waals surface area contributed by atoms with Gasteiger partial charge in [0.05, 0.1) is 0 Å². The van der Waals surface area contributed by atoms with Gasteiger partial charge < -0.3 is 20.1 Å². The van der Waals surface area contributed by atoms with E-state index in [0.717, 1.165) is 5.56 Å². The van der Waals surface area contributed by atoms with Crippen molar-refractivity contribution in [2.45, 2.75) is 26.6 Å². The molecule has 0 bridgehead atoms. The largest absolute Gasteiger partial charge is 0.489 e. The number of carbonyl (C=O) groups excluding carboxylic acids is 3. The van der Waals surface area contributed by atoms with Crippen LogP contribution in [0.3, 0.4) is 0 Å². The standard InChI is InChI=1S/C27H26N2O5/c1-19(34-27(32)25(28-20(2)30)17-21-9-5-3-6-10-21)26(31)29-23-13-15-24(16-14-23)33-18-22-11-7-4-8-12-22/h3-17,19H,18H2,1-2H3,(H,28,30)(H,29,31)/b25-17-. The average Bonchev–Trinajstić information content (AvgIpc) is 2.84. The molecule has 34 heavy (non-hydrogen) atoms. The Hall–Kier alpha value is -4.39. The van der Waals surface area contributed by atoms with Crippen molar-refractivity contribution in [1.29, 1.82) is 0 Å². The summed E-state index contributed by atoms with van der Waals surface area (Å²) in [5, 5.41) is 5.15. The monoisotopic (exact) mass is 458 g/mol. The smallest absolute Gasteiger partial charge is 0.355 e. The van der Waals surface area contributed by atoms with Crippen molar-refractivity contribution < 1.29 is 23.9 Å². The Kier molecular flexibility index (Phi) is 8.57. The van der Waals surface area contributed by atoms with Gasteiger partial charge in [0.15, 0.2) is 6.10 Å². The number of ether oxygens (including phenoxy) is 2. The first-order valence-corrected chi connectivity index (χ1v) is 10.7. The Morgan fingerprint density at radius 3 is 2.12 bits per heavy atom. The van der Waals surface area contributed by atoms with Crippen molar-refractivity contribution in [3.8, 4) is 5.75 Å². The van der Waals surface area contributed by atoms with Crippen LogP contribution in [0.5, 0.6) is 5.75 Å². The molecule has 0 heterocycles. The van der Waals surface area contributed by atoms with Crippen LogP contribution in [0, 0.1) is 0 Å². The predicted octanol–water partition coefficient (Wildman–Crippen LogP) is 4.31. The molecular weight excluding hydrogens is 432 g/mol. The highest BCUT2D eigenvalue weighted by atomic mass is 16.5. The van der Waals surface area contributed by atoms with E-state index in [9.17, 15) is 14.4 Å². The fourth-order valence-electron chi connectivity index (χ4n) is 2.95. The third kappa shape index (κ3) is 7.63. The number of hydrogen-bond acceptors (Lipinski definition) is 5. The lowest BCUT2D eigenvalue weighted by molar-refractivity contribution is -0.149. The quantitative estimate of drug-likeness (QED) is 0.368. The molecule has 3 aromatic carbocycles. The highest BCUT2D eigenvalue weighted by Gasteiger charge is 2.21. The molecule has 1 atom stereocenters. The van der Waals surface area contributed by atoms with Crippen LogP contribution in [0.2, 0.25) is 0 Å². The van der Waals surface area contributed by atoms with Gasteiger partial charge in [-0.3, -0.25) is 9.59 Å². The Morgan fingerprint density at radius 1 is 0.882 bits per heavy atom. The number of nitrogens with one attached hydrogen (secondary N) is 2. The molecule has 174 valence electrons. The first-order valence-electron chi connectivity index (χ1n) is 10.7. The van der Waals surface area contributed by atoms with E-state index in [1.807, 2.05) is 36.4 Å². The van der Waals surface area contributed by atoms with Crippen LogP contribution in [-0.4, -0.2) is 23.9 Å². The molecule has 2 N–H and O–H groups in total. The number of esters is 1. The second kappa shape index (κ2) is 12.0. The summed E-state index contributed by atoms with van der Waals surface area (Å²) in [5.41, 5.74) is 2.23. The summed E-state index contributed by atoms with van der Waals surface area (Å²) in [4.78, 5) is 36.6. The number of anilines is 1. The zero-order chi connectivity index (χ0) is 24.3. The molecule has 2 amide bonds. The van der Waals surface area contributed by atoms with Crippen molar-refractivity contribution in [3.05, 3.63) is 102 Å². The lowest BCUT2D eigenvalue weighted by Gasteiger charge is -2.15. The third-order valence-corrected chi connectivity index (χ3v) is 4.66. The van der Waals surface area contributed by atoms with Gasteiger partial charge in [-0.1, -0.05) is 60.7 Å². The first-order chi connectivity index (χ1) is 16.4. The minimum Gasteiger partial charge on any atom is -0.489 e. The summed E-state index contributed by atoms with van der Waals surface area (Å²) < 4.78 is 11.0. The van der Waals surface area contributed by atoms with E-state index in [1.165, 1.54) is 19.9 Å². The fraction of sp³-hybridized carbons (Fsp3) is 0.148. The van der Waals surface area contributed by atoms with Gasteiger partial charge in [0.1, 0.15) is 18.1 Å². The Morgan fingerprint density at radius 2 is 1.50 bits per heavy atom. The van der Waals surface area contributed by atoms with Crippen LogP contribution < -0.4 is 15.4 Å². The van der Waals surface area contributed by atoms with Gasteiger partial charge in [0.2, 0.25) is 5.91 Å². The second-order valence-corrected chi connectivity index (χ2v) is 7.49. The van der Waals surface area contributed by atoms with E-state index in [0.29, 0.717) is 23.6 Å². The zero-order valence-corrected chi connectivity index (χ0v) is 19.0. The summed E-state index contributed by atoms with van der Waals surface area (Å²) >= 11 is 0. The minimum absolute atomic E-state index is 0.0572. The number of rotatable bonds is 9. The number of carbonyl (C=O) groups is 3. The van der Waals surface area contributed by atoms with E-state index < -0.39 is 23.9 Å². The van der Waals surface area contributed by atoms with Crippen molar-refractivity contribution in [2.75, 3.05) is 5.32 Å². The first kappa shape index (κ1) is 24.3. The molecule has 0 aliphatic heterocycles. The van der Waals surface area contributed by atoms with E-state index in [1.54, 1.807) is 48.5 Å². The Labute approximate surface area is 198 Å². The molecule has 0 radical (unpaired) electrons. The zero-order valence-electron chi connectivity index (χ0n) is 19.0. The van der Waals surface area contributed by atoms with Gasteiger partial charge in [0.25, 0.3) is 5.91 Å². The lowest BCUT2D eigenvalue weighted by atomic mass is 10.2. The summed E-state index contributed by atoms with van der Waals surface area (Å²) in [6.45, 7) is 3.18. The van der Waals surface area contributed by atoms with Gasteiger partial charge in [-0.05, 0) is 48.4 Å². The van der Waals surface area contributed by atoms with Gasteiger partial charge in [-0.2, -0.15) is 0 Å². The maximum atomic E-state index is 12.6. The molecule has 0 aliphatic carbocycles. The Bertz CT molecular complexity index is 1140. The van der Waals surface area contributed by atoms with Crippen molar-refractivity contribution in [2.24, 2.45) is 0 Å². The van der Waals surface area contributed by atoms with Crippen molar-refractivity contribution in [3.63, 3.8) is 0 Å². The SMILES string of the molecule is CC(=O)N/C(=C\c1ccccc1)C(=O)OC(C)C(=O)Nc1ccc(OCc2ccccc2)cc1. The van der Waals surface area contributed by atoms with Crippen LogP contribution in [0.1, 0.15) is 25.0 Å². The summed E-state index contributed by atoms with van der Waals surface area (Å²) in [6, 6.07) is 25.7. The van der Waals surface area contributed by atoms with E-state index in [2.05, 4.69) is 10.6 Å². The fourth-order valence-corrected chi connectivity index (χ4v) is 2.95. The summed E-state index contributed by atoms with van der Waals surface area (Å²) in [5.74, 6) is -1.09. The van der Waals surface area contributed by atoms with Crippen molar-refractivity contribution >= 4 is 29.5 Å². The van der Waals surface area contributed by atoms with E-state index >= 15 is 0 Å². The average molecular weight is 459 g/mol. The molecule has 7 heteroatoms. The Balaban J connectivity index is 1.56. The molecule has 0 aromatic heterocycles. The number of benzene rings is 3. The van der Waals surface area contributed by atoms with Crippen LogP contribution in [0.25, 0.3) is 6.08 Å². The van der Waals surface area contributed by atoms with Gasteiger partial charge in [-0.15, -0.1) is 0 Å². The normalized spacial score (nSPS) is 11.8. The molecule has 1 unspecified atom stereocenters. The van der Waals surface area contributed by atoms with Gasteiger partial charge >= 0.3 is 5.97 Å². The highest BCUT2D eigenvalue weighted by molar-refractivity contribution is 6.00. The maximum absolute atomic E-state index is 12.6. The molecule has 3 aromatic rings. The van der Waals surface area contributed by atoms with Gasteiger partial charge in [0, 0.05) is 12.6 Å². The van der Waals surface area contributed by atoms with E-state index in [4.69, 9.17) is 9.47 Å². The summed E-state index contributed by atoms with van der Waals surface area (Å²) in [6.07, 6.45) is 0.400. The number of amides is 2. The van der Waals surface area contributed by atoms with Gasteiger partial charge in [-0.25, -0.2) is 4.79 Å². The van der Waals surface area contributed by atoms with Crippen molar-refractivity contribution in [1.82, 2.24) is 5.32 Å². The molecule has 0 saturated heterocycles. The molecular formula is C27H26N2O5. The minimum atomic E-state index is -1.09. The maximum Gasteiger partial charge on any atom is 0.355 e. The van der Waals surface area contributed by atoms with Crippen LogP contribution in [0.15, 0.2) is 90.6 Å². The molecule has 0 aliphatic rings. The molecule has 0 saturated carbocycles. The van der Waals surface area contributed by atoms with E-state index in [-0.39, 0.29) is 5.70 Å². The predicted molar refractivity (Wildman–Crippen MR) is 130 cm³/mol. The topological polar surface area (TPSA) is 93.7 Å². The van der Waals surface area contributed by atoms with Crippen LogP contribution in [-0.2, 0) is 25.7 Å². The third-order valence-electron chi connectivity index (χ3n) is 4.66. The molecule has 0 spiro atoms. The summed E-state index contributed by atoms with van der Waals surface area (Å²) in [7, 11) is 0. The molecule has 7 nitrogen and oxygen atoms in total. The second-order valence-electron chi connectivity index (χ2n) is 7.49. The van der Waals surface area contributed by atoms with Crippen LogP contribution >= 0.6 is 0 Å². The lowest BCUT2D eigenvalue weighted by Crippen LogP contribution is -2.33. The molecule has 0 fully saturated rings. The molecule has 3 rings (SSSR count).